The second kappa shape index (κ2) is 7.48. The number of hydrogen-bond donors (Lipinski definition) is 1. The molecular formula is C18H16FN3O2S. The molecule has 5 nitrogen and oxygen atoms in total. The zero-order valence-corrected chi connectivity index (χ0v) is 14.3. The summed E-state index contributed by atoms with van der Waals surface area (Å²) in [7, 11) is 0. The van der Waals surface area contributed by atoms with Crippen LogP contribution in [0.25, 0.3) is 10.9 Å². The van der Waals surface area contributed by atoms with Crippen molar-refractivity contribution in [2.24, 2.45) is 0 Å². The van der Waals surface area contributed by atoms with Gasteiger partial charge in [0.2, 0.25) is 5.91 Å². The maximum atomic E-state index is 14.1. The highest BCUT2D eigenvalue weighted by atomic mass is 32.2. The van der Waals surface area contributed by atoms with Crippen molar-refractivity contribution in [1.29, 1.82) is 0 Å². The quantitative estimate of drug-likeness (QED) is 0.563. The van der Waals surface area contributed by atoms with Gasteiger partial charge in [0.05, 0.1) is 11.9 Å². The van der Waals surface area contributed by atoms with Crippen LogP contribution in [0, 0.1) is 5.82 Å². The van der Waals surface area contributed by atoms with E-state index in [1.165, 1.54) is 23.9 Å². The van der Waals surface area contributed by atoms with Crippen LogP contribution in [0.4, 0.5) is 4.39 Å². The number of nitrogens with zero attached hydrogens (tertiary/aromatic N) is 2. The number of benzene rings is 2. The van der Waals surface area contributed by atoms with E-state index in [1.54, 1.807) is 6.07 Å². The van der Waals surface area contributed by atoms with Crippen molar-refractivity contribution in [3.05, 3.63) is 70.3 Å². The van der Waals surface area contributed by atoms with E-state index >= 15 is 0 Å². The van der Waals surface area contributed by atoms with Crippen LogP contribution in [0.5, 0.6) is 0 Å². The molecule has 2 aromatic carbocycles. The fourth-order valence-corrected chi connectivity index (χ4v) is 3.12. The van der Waals surface area contributed by atoms with Gasteiger partial charge in [0, 0.05) is 0 Å². The molecule has 0 unspecified atom stereocenters. The summed E-state index contributed by atoms with van der Waals surface area (Å²) < 4.78 is 15.1. The second-order valence-electron chi connectivity index (χ2n) is 5.30. The Morgan fingerprint density at radius 1 is 1.20 bits per heavy atom. The van der Waals surface area contributed by atoms with Crippen LogP contribution in [0.1, 0.15) is 12.5 Å². The topological polar surface area (TPSA) is 64.0 Å². The van der Waals surface area contributed by atoms with Crippen LogP contribution < -0.4 is 11.0 Å². The SMILES string of the molecule is CCSc1nc2cccc(F)c2c(=O)n1NC(=O)Cc1ccccc1. The molecule has 0 bridgehead atoms. The minimum atomic E-state index is -0.658. The van der Waals surface area contributed by atoms with Crippen molar-refractivity contribution in [2.45, 2.75) is 18.5 Å². The fraction of sp³-hybridized carbons (Fsp3) is 0.167. The number of nitrogens with one attached hydrogen (secondary N) is 1. The van der Waals surface area contributed by atoms with E-state index in [2.05, 4.69) is 10.4 Å². The van der Waals surface area contributed by atoms with Crippen LogP contribution in [0.15, 0.2) is 58.5 Å². The zero-order valence-electron chi connectivity index (χ0n) is 13.5. The van der Waals surface area contributed by atoms with Crippen molar-refractivity contribution in [1.82, 2.24) is 9.66 Å². The van der Waals surface area contributed by atoms with Gasteiger partial charge in [-0.05, 0) is 23.4 Å². The molecule has 128 valence electrons. The molecule has 0 spiro atoms. The first-order valence-corrected chi connectivity index (χ1v) is 8.76. The minimum absolute atomic E-state index is 0.110. The molecule has 1 heterocycles. The Balaban J connectivity index is 2.00. The maximum absolute atomic E-state index is 14.1. The van der Waals surface area contributed by atoms with E-state index in [0.717, 1.165) is 10.2 Å². The number of carbonyl (C=O) groups excluding carboxylic acids is 1. The number of carbonyl (C=O) groups is 1. The molecule has 3 aromatic rings. The Bertz CT molecular complexity index is 973. The molecular weight excluding hydrogens is 341 g/mol. The number of aromatic nitrogens is 2. The van der Waals surface area contributed by atoms with Crippen LogP contribution in [0.2, 0.25) is 0 Å². The van der Waals surface area contributed by atoms with Crippen molar-refractivity contribution in [2.75, 3.05) is 11.2 Å². The largest absolute Gasteiger partial charge is 0.284 e. The fourth-order valence-electron chi connectivity index (χ4n) is 2.44. The van der Waals surface area contributed by atoms with E-state index in [0.29, 0.717) is 10.9 Å². The number of hydrogen-bond acceptors (Lipinski definition) is 4. The average Bonchev–Trinajstić information content (AvgIpc) is 2.59. The Labute approximate surface area is 147 Å². The summed E-state index contributed by atoms with van der Waals surface area (Å²) in [5.41, 5.74) is 3.01. The van der Waals surface area contributed by atoms with Crippen molar-refractivity contribution >= 4 is 28.6 Å². The Morgan fingerprint density at radius 2 is 1.96 bits per heavy atom. The van der Waals surface area contributed by atoms with Crippen molar-refractivity contribution < 1.29 is 9.18 Å². The highest BCUT2D eigenvalue weighted by Crippen LogP contribution is 2.18. The first-order valence-electron chi connectivity index (χ1n) is 7.78. The standard InChI is InChI=1S/C18H16FN3O2S/c1-2-25-18-20-14-10-6-9-13(19)16(14)17(24)22(18)21-15(23)11-12-7-4-3-5-8-12/h3-10H,2,11H2,1H3,(H,21,23). The average molecular weight is 357 g/mol. The van der Waals surface area contributed by atoms with Crippen LogP contribution in [-0.2, 0) is 11.2 Å². The molecule has 0 aliphatic rings. The Hall–Kier alpha value is -2.67. The molecule has 0 saturated carbocycles. The van der Waals surface area contributed by atoms with Gasteiger partial charge in [-0.2, -0.15) is 4.68 Å². The molecule has 25 heavy (non-hydrogen) atoms. The molecule has 3 rings (SSSR count). The first-order chi connectivity index (χ1) is 12.1. The molecule has 7 heteroatoms. The van der Waals surface area contributed by atoms with Gasteiger partial charge in [-0.1, -0.05) is 55.1 Å². The first kappa shape index (κ1) is 17.2. The predicted octanol–water partition coefficient (Wildman–Crippen LogP) is 2.96. The summed E-state index contributed by atoms with van der Waals surface area (Å²) in [6.45, 7) is 1.91. The number of rotatable bonds is 5. The Kier molecular flexibility index (Phi) is 5.14. The second-order valence-corrected chi connectivity index (χ2v) is 6.53. The van der Waals surface area contributed by atoms with Gasteiger partial charge in [0.1, 0.15) is 11.2 Å². The molecule has 0 saturated heterocycles. The van der Waals surface area contributed by atoms with Crippen LogP contribution in [0.3, 0.4) is 0 Å². The summed E-state index contributed by atoms with van der Waals surface area (Å²) in [5.74, 6) is -0.375. The van der Waals surface area contributed by atoms with E-state index in [4.69, 9.17) is 0 Å². The van der Waals surface area contributed by atoms with E-state index in [9.17, 15) is 14.0 Å². The minimum Gasteiger partial charge on any atom is -0.273 e. The Morgan fingerprint density at radius 3 is 2.68 bits per heavy atom. The monoisotopic (exact) mass is 357 g/mol. The number of halogens is 1. The van der Waals surface area contributed by atoms with Gasteiger partial charge in [0.15, 0.2) is 5.16 Å². The molecule has 0 fully saturated rings. The van der Waals surface area contributed by atoms with Gasteiger partial charge >= 0.3 is 0 Å². The summed E-state index contributed by atoms with van der Waals surface area (Å²) in [4.78, 5) is 29.3. The molecule has 1 N–H and O–H groups in total. The van der Waals surface area contributed by atoms with E-state index < -0.39 is 11.4 Å². The molecule has 0 aliphatic carbocycles. The van der Waals surface area contributed by atoms with Crippen molar-refractivity contribution in [3.8, 4) is 0 Å². The summed E-state index contributed by atoms with van der Waals surface area (Å²) in [5, 5.41) is 0.190. The molecule has 1 amide bonds. The lowest BCUT2D eigenvalue weighted by Crippen LogP contribution is -2.36. The van der Waals surface area contributed by atoms with Crippen molar-refractivity contribution in [3.63, 3.8) is 0 Å². The highest BCUT2D eigenvalue weighted by molar-refractivity contribution is 7.99. The highest BCUT2D eigenvalue weighted by Gasteiger charge is 2.16. The summed E-state index contributed by atoms with van der Waals surface area (Å²) >= 11 is 1.30. The maximum Gasteiger partial charge on any atom is 0.284 e. The normalized spacial score (nSPS) is 10.8. The lowest BCUT2D eigenvalue weighted by molar-refractivity contribution is -0.116. The zero-order chi connectivity index (χ0) is 17.8. The summed E-state index contributed by atoms with van der Waals surface area (Å²) in [6.07, 6.45) is 0.110. The van der Waals surface area contributed by atoms with Gasteiger partial charge < -0.3 is 0 Å². The molecule has 1 aromatic heterocycles. The lowest BCUT2D eigenvalue weighted by Gasteiger charge is -2.13. The molecule has 0 radical (unpaired) electrons. The van der Waals surface area contributed by atoms with E-state index in [-0.39, 0.29) is 23.2 Å². The third-order valence-corrected chi connectivity index (χ3v) is 4.35. The van der Waals surface area contributed by atoms with Gasteiger partial charge in [-0.25, -0.2) is 9.37 Å². The van der Waals surface area contributed by atoms with Gasteiger partial charge in [-0.3, -0.25) is 15.0 Å². The molecule has 0 aliphatic heterocycles. The van der Waals surface area contributed by atoms with Gasteiger partial charge in [-0.15, -0.1) is 0 Å². The lowest BCUT2D eigenvalue weighted by atomic mass is 10.1. The number of amides is 1. The third-order valence-electron chi connectivity index (χ3n) is 3.53. The van der Waals surface area contributed by atoms with Crippen LogP contribution >= 0.6 is 11.8 Å². The van der Waals surface area contributed by atoms with Gasteiger partial charge in [0.25, 0.3) is 5.56 Å². The van der Waals surface area contributed by atoms with Crippen LogP contribution in [-0.4, -0.2) is 21.3 Å². The molecule has 0 atom stereocenters. The predicted molar refractivity (Wildman–Crippen MR) is 96.9 cm³/mol. The van der Waals surface area contributed by atoms with E-state index in [1.807, 2.05) is 37.3 Å². The number of fused-ring (bicyclic) bond motifs is 1. The number of thioether (sulfide) groups is 1. The summed E-state index contributed by atoms with van der Waals surface area (Å²) in [6, 6.07) is 13.5. The smallest absolute Gasteiger partial charge is 0.273 e. The third kappa shape index (κ3) is 3.71.